The fourth-order valence-electron chi connectivity index (χ4n) is 2.56. The minimum absolute atomic E-state index is 0.0204. The van der Waals surface area contributed by atoms with E-state index < -0.39 is 5.97 Å². The number of fused-ring (bicyclic) bond motifs is 1. The summed E-state index contributed by atoms with van der Waals surface area (Å²) in [5.41, 5.74) is 1.63. The number of carboxylic acid groups (broad SMARTS) is 1. The Hall–Kier alpha value is -1.88. The molecule has 5 heteroatoms. The molecule has 2 N–H and O–H groups in total. The van der Waals surface area contributed by atoms with Crippen LogP contribution in [0.3, 0.4) is 0 Å². The summed E-state index contributed by atoms with van der Waals surface area (Å²) >= 11 is 0. The van der Waals surface area contributed by atoms with Crippen LogP contribution in [0.25, 0.3) is 11.0 Å². The van der Waals surface area contributed by atoms with E-state index in [0.717, 1.165) is 18.7 Å². The molecular weight excluding hydrogens is 256 g/mol. The molecule has 0 aliphatic carbocycles. The molecule has 0 spiro atoms. The molecule has 0 bridgehead atoms. The summed E-state index contributed by atoms with van der Waals surface area (Å²) in [5, 5.41) is 18.5. The molecule has 0 aliphatic rings. The molecule has 0 amide bonds. The Morgan fingerprint density at radius 1 is 1.45 bits per heavy atom. The van der Waals surface area contributed by atoms with Crippen molar-refractivity contribution in [3.8, 4) is 0 Å². The van der Waals surface area contributed by atoms with Crippen molar-refractivity contribution in [2.75, 3.05) is 6.61 Å². The lowest BCUT2D eigenvalue weighted by Crippen LogP contribution is -2.13. The van der Waals surface area contributed by atoms with Crippen LogP contribution in [0.15, 0.2) is 18.2 Å². The first-order valence-electron chi connectivity index (χ1n) is 6.94. The number of nitrogens with zero attached hydrogens (tertiary/aromatic N) is 2. The monoisotopic (exact) mass is 276 g/mol. The van der Waals surface area contributed by atoms with E-state index in [0.29, 0.717) is 17.5 Å². The van der Waals surface area contributed by atoms with Gasteiger partial charge in [-0.25, -0.2) is 9.78 Å². The zero-order valence-electron chi connectivity index (χ0n) is 11.8. The number of carbonyl (C=O) groups is 1. The van der Waals surface area contributed by atoms with E-state index in [2.05, 4.69) is 11.9 Å². The SMILES string of the molecule is CCCc1nc2cccc(C(=O)O)c2n1C(C)CCO. The van der Waals surface area contributed by atoms with Crippen LogP contribution in [0, 0.1) is 0 Å². The Balaban J connectivity index is 2.70. The van der Waals surface area contributed by atoms with Crippen molar-refractivity contribution in [2.45, 2.75) is 39.2 Å². The van der Waals surface area contributed by atoms with Gasteiger partial charge in [0.05, 0.1) is 16.6 Å². The second-order valence-electron chi connectivity index (χ2n) is 4.99. The lowest BCUT2D eigenvalue weighted by atomic mass is 10.1. The number of aromatic nitrogens is 2. The number of carboxylic acids is 1. The molecule has 1 aromatic heterocycles. The van der Waals surface area contributed by atoms with Crippen LogP contribution in [0.1, 0.15) is 48.9 Å². The van der Waals surface area contributed by atoms with Gasteiger partial charge in [-0.1, -0.05) is 13.0 Å². The van der Waals surface area contributed by atoms with Gasteiger partial charge in [0, 0.05) is 19.1 Å². The normalized spacial score (nSPS) is 12.8. The minimum Gasteiger partial charge on any atom is -0.478 e. The summed E-state index contributed by atoms with van der Waals surface area (Å²) < 4.78 is 1.97. The molecule has 1 heterocycles. The molecule has 1 unspecified atom stereocenters. The van der Waals surface area contributed by atoms with Gasteiger partial charge in [0.1, 0.15) is 5.82 Å². The summed E-state index contributed by atoms with van der Waals surface area (Å²) in [6.07, 6.45) is 2.32. The van der Waals surface area contributed by atoms with Gasteiger partial charge in [0.15, 0.2) is 0 Å². The predicted molar refractivity (Wildman–Crippen MR) is 77.1 cm³/mol. The number of aromatic carboxylic acids is 1. The number of para-hydroxylation sites is 1. The molecule has 0 saturated carbocycles. The predicted octanol–water partition coefficient (Wildman–Crippen LogP) is 2.63. The van der Waals surface area contributed by atoms with Crippen LogP contribution in [-0.2, 0) is 6.42 Å². The maximum Gasteiger partial charge on any atom is 0.337 e. The van der Waals surface area contributed by atoms with E-state index >= 15 is 0 Å². The smallest absolute Gasteiger partial charge is 0.337 e. The van der Waals surface area contributed by atoms with Crippen molar-refractivity contribution in [1.29, 1.82) is 0 Å². The molecule has 20 heavy (non-hydrogen) atoms. The van der Waals surface area contributed by atoms with E-state index in [1.165, 1.54) is 0 Å². The third kappa shape index (κ3) is 2.54. The van der Waals surface area contributed by atoms with E-state index in [4.69, 9.17) is 5.11 Å². The lowest BCUT2D eigenvalue weighted by Gasteiger charge is -2.17. The summed E-state index contributed by atoms with van der Waals surface area (Å²) in [7, 11) is 0. The highest BCUT2D eigenvalue weighted by Crippen LogP contribution is 2.26. The van der Waals surface area contributed by atoms with Gasteiger partial charge in [-0.2, -0.15) is 0 Å². The van der Waals surface area contributed by atoms with Gasteiger partial charge in [0.25, 0.3) is 0 Å². The summed E-state index contributed by atoms with van der Waals surface area (Å²) in [6, 6.07) is 5.18. The molecular formula is C15H20N2O3. The van der Waals surface area contributed by atoms with Crippen LogP contribution in [0.5, 0.6) is 0 Å². The fraction of sp³-hybridized carbons (Fsp3) is 0.467. The van der Waals surface area contributed by atoms with E-state index in [1.54, 1.807) is 12.1 Å². The maximum absolute atomic E-state index is 11.4. The van der Waals surface area contributed by atoms with Gasteiger partial charge in [-0.15, -0.1) is 0 Å². The van der Waals surface area contributed by atoms with Gasteiger partial charge in [-0.05, 0) is 31.9 Å². The average molecular weight is 276 g/mol. The number of rotatable bonds is 6. The lowest BCUT2D eigenvalue weighted by molar-refractivity contribution is 0.0698. The van der Waals surface area contributed by atoms with Crippen LogP contribution >= 0.6 is 0 Å². The number of imidazole rings is 1. The number of aryl methyl sites for hydroxylation is 1. The molecule has 2 rings (SSSR count). The molecule has 0 aliphatic heterocycles. The van der Waals surface area contributed by atoms with Gasteiger partial charge in [0.2, 0.25) is 0 Å². The van der Waals surface area contributed by atoms with Crippen molar-refractivity contribution in [3.05, 3.63) is 29.6 Å². The standard InChI is InChI=1S/C15H20N2O3/c1-3-5-13-16-12-7-4-6-11(15(19)20)14(12)17(13)10(2)8-9-18/h4,6-7,10,18H,3,5,8-9H2,1-2H3,(H,19,20). The zero-order valence-corrected chi connectivity index (χ0v) is 11.8. The van der Waals surface area contributed by atoms with E-state index in [1.807, 2.05) is 17.6 Å². The second-order valence-corrected chi connectivity index (χ2v) is 4.99. The average Bonchev–Trinajstić information content (AvgIpc) is 2.77. The first-order valence-corrected chi connectivity index (χ1v) is 6.94. The molecule has 0 radical (unpaired) electrons. The Bertz CT molecular complexity index is 619. The highest BCUT2D eigenvalue weighted by Gasteiger charge is 2.20. The third-order valence-corrected chi connectivity index (χ3v) is 3.47. The third-order valence-electron chi connectivity index (χ3n) is 3.47. The topological polar surface area (TPSA) is 75.3 Å². The Kier molecular flexibility index (Phi) is 4.39. The first-order chi connectivity index (χ1) is 9.60. The van der Waals surface area contributed by atoms with Crippen LogP contribution in [0.2, 0.25) is 0 Å². The van der Waals surface area contributed by atoms with Crippen molar-refractivity contribution in [2.24, 2.45) is 0 Å². The van der Waals surface area contributed by atoms with Crippen LogP contribution in [-0.4, -0.2) is 32.3 Å². The first kappa shape index (κ1) is 14.5. The van der Waals surface area contributed by atoms with Crippen molar-refractivity contribution >= 4 is 17.0 Å². The number of benzene rings is 1. The number of hydrogen-bond acceptors (Lipinski definition) is 3. The van der Waals surface area contributed by atoms with Gasteiger partial charge in [-0.3, -0.25) is 0 Å². The molecule has 0 fully saturated rings. The highest BCUT2D eigenvalue weighted by molar-refractivity contribution is 6.01. The Labute approximate surface area is 117 Å². The highest BCUT2D eigenvalue weighted by atomic mass is 16.4. The Morgan fingerprint density at radius 2 is 2.20 bits per heavy atom. The number of aliphatic hydroxyl groups excluding tert-OH is 1. The molecule has 2 aromatic rings. The van der Waals surface area contributed by atoms with E-state index in [-0.39, 0.29) is 18.2 Å². The second kappa shape index (κ2) is 6.05. The van der Waals surface area contributed by atoms with Gasteiger partial charge >= 0.3 is 5.97 Å². The zero-order chi connectivity index (χ0) is 14.7. The minimum atomic E-state index is -0.948. The van der Waals surface area contributed by atoms with Gasteiger partial charge < -0.3 is 14.8 Å². The van der Waals surface area contributed by atoms with E-state index in [9.17, 15) is 9.90 Å². The summed E-state index contributed by atoms with van der Waals surface area (Å²) in [6.45, 7) is 4.12. The van der Waals surface area contributed by atoms with Crippen LogP contribution < -0.4 is 0 Å². The van der Waals surface area contributed by atoms with Crippen molar-refractivity contribution in [3.63, 3.8) is 0 Å². The Morgan fingerprint density at radius 3 is 2.80 bits per heavy atom. The maximum atomic E-state index is 11.4. The molecule has 1 aromatic carbocycles. The summed E-state index contributed by atoms with van der Waals surface area (Å²) in [4.78, 5) is 16.0. The van der Waals surface area contributed by atoms with Crippen molar-refractivity contribution < 1.29 is 15.0 Å². The van der Waals surface area contributed by atoms with Crippen molar-refractivity contribution in [1.82, 2.24) is 9.55 Å². The van der Waals surface area contributed by atoms with Crippen LogP contribution in [0.4, 0.5) is 0 Å². The summed E-state index contributed by atoms with van der Waals surface area (Å²) in [5.74, 6) is -0.0619. The fourth-order valence-corrected chi connectivity index (χ4v) is 2.56. The molecule has 108 valence electrons. The molecule has 1 atom stereocenters. The molecule has 5 nitrogen and oxygen atoms in total. The number of aliphatic hydroxyl groups is 1. The molecule has 0 saturated heterocycles. The number of hydrogen-bond donors (Lipinski definition) is 2. The quantitative estimate of drug-likeness (QED) is 0.850. The largest absolute Gasteiger partial charge is 0.478 e.